The zero-order valence-corrected chi connectivity index (χ0v) is 17.3. The lowest BCUT2D eigenvalue weighted by atomic mass is 9.51. The highest BCUT2D eigenvalue weighted by atomic mass is 127. The van der Waals surface area contributed by atoms with Gasteiger partial charge in [0.25, 0.3) is 0 Å². The van der Waals surface area contributed by atoms with E-state index >= 15 is 0 Å². The maximum atomic E-state index is 12.5. The highest BCUT2D eigenvalue weighted by Crippen LogP contribution is 2.62. The second-order valence-electron chi connectivity index (χ2n) is 9.16. The van der Waals surface area contributed by atoms with Gasteiger partial charge in [-0.3, -0.25) is 4.79 Å². The number of allylic oxidation sites excluding steroid dienone is 2. The minimum Gasteiger partial charge on any atom is -0.388 e. The van der Waals surface area contributed by atoms with Crippen LogP contribution in [-0.4, -0.2) is 17.0 Å². The van der Waals surface area contributed by atoms with E-state index in [-0.39, 0.29) is 17.4 Å². The molecule has 136 valence electrons. The number of aliphatic hydroxyl groups excluding tert-OH is 1. The molecule has 0 spiro atoms. The molecule has 1 N–H and O–H groups in total. The lowest BCUT2D eigenvalue weighted by Gasteiger charge is -2.53. The van der Waals surface area contributed by atoms with Crippen LogP contribution >= 0.6 is 22.6 Å². The number of ketones is 1. The van der Waals surface area contributed by atoms with Crippen LogP contribution in [0.3, 0.4) is 0 Å². The molecule has 4 aliphatic rings. The molecule has 0 aromatic carbocycles. The lowest BCUT2D eigenvalue weighted by Crippen LogP contribution is -2.48. The van der Waals surface area contributed by atoms with Crippen molar-refractivity contribution < 1.29 is 9.90 Å². The van der Waals surface area contributed by atoms with Crippen LogP contribution in [0.15, 0.2) is 34.0 Å². The summed E-state index contributed by atoms with van der Waals surface area (Å²) in [7, 11) is 0. The highest BCUT2D eigenvalue weighted by Gasteiger charge is 2.57. The Morgan fingerprint density at radius 3 is 2.88 bits per heavy atom. The first-order chi connectivity index (χ1) is 11.8. The zero-order valence-electron chi connectivity index (χ0n) is 15.1. The molecule has 0 aromatic heterocycles. The van der Waals surface area contributed by atoms with Crippen molar-refractivity contribution in [2.24, 2.45) is 35.0 Å². The minimum atomic E-state index is -0.321. The van der Waals surface area contributed by atoms with Crippen molar-refractivity contribution in [2.45, 2.75) is 58.0 Å². The first-order valence-corrected chi connectivity index (χ1v) is 10.8. The van der Waals surface area contributed by atoms with Crippen LogP contribution in [0.1, 0.15) is 51.9 Å². The van der Waals surface area contributed by atoms with Gasteiger partial charge in [0, 0.05) is 11.3 Å². The van der Waals surface area contributed by atoms with E-state index in [1.165, 1.54) is 18.4 Å². The number of rotatable bonds is 2. The summed E-state index contributed by atoms with van der Waals surface area (Å²) in [5, 5.41) is 10.7. The largest absolute Gasteiger partial charge is 0.388 e. The van der Waals surface area contributed by atoms with E-state index in [0.717, 1.165) is 41.3 Å². The van der Waals surface area contributed by atoms with Crippen LogP contribution in [0, 0.1) is 35.0 Å². The number of carbonyl (C=O) groups excluding carboxylic acids is 1. The summed E-state index contributed by atoms with van der Waals surface area (Å²) in [5.74, 6) is 2.99. The standard InChI is InChI=1S/C22H29IO2/c1-12-8-19-17-5-4-14-11-20(24)15(9-13(2)23)10-18(14)16(17)6-7-22(19,3)21(12)25/h11,15-19,21,25H,1-2,4-10H2,3H3/t15?,16-,17+,18-,19-,21-,22-/m0/s1. The van der Waals surface area contributed by atoms with Gasteiger partial charge in [-0.1, -0.05) is 25.7 Å². The van der Waals surface area contributed by atoms with Crippen LogP contribution in [0.25, 0.3) is 0 Å². The molecule has 0 saturated heterocycles. The van der Waals surface area contributed by atoms with E-state index in [0.29, 0.717) is 29.5 Å². The van der Waals surface area contributed by atoms with Crippen molar-refractivity contribution in [3.8, 4) is 0 Å². The maximum Gasteiger partial charge on any atom is 0.159 e. The van der Waals surface area contributed by atoms with Gasteiger partial charge in [0.05, 0.1) is 6.10 Å². The SMILES string of the molecule is C=C(I)CC1C[C@H]2C(=CC1=O)CC[C@@H]1[C@@H]2CC[C@]2(C)[C@@H](O)C(=C)C[C@@H]12. The Morgan fingerprint density at radius 1 is 1.40 bits per heavy atom. The fourth-order valence-corrected chi connectivity index (χ4v) is 7.17. The predicted octanol–water partition coefficient (Wildman–Crippen LogP) is 5.22. The van der Waals surface area contributed by atoms with Gasteiger partial charge in [-0.2, -0.15) is 0 Å². The van der Waals surface area contributed by atoms with Gasteiger partial charge in [0.2, 0.25) is 0 Å². The predicted molar refractivity (Wildman–Crippen MR) is 109 cm³/mol. The number of hydrogen-bond donors (Lipinski definition) is 1. The fraction of sp³-hybridized carbons (Fsp3) is 0.682. The summed E-state index contributed by atoms with van der Waals surface area (Å²) in [6.45, 7) is 10.5. The van der Waals surface area contributed by atoms with E-state index in [2.05, 4.69) is 42.7 Å². The zero-order chi connectivity index (χ0) is 17.9. The quantitative estimate of drug-likeness (QED) is 0.461. The Balaban J connectivity index is 1.60. The van der Waals surface area contributed by atoms with E-state index < -0.39 is 0 Å². The van der Waals surface area contributed by atoms with Crippen LogP contribution < -0.4 is 0 Å². The Morgan fingerprint density at radius 2 is 2.16 bits per heavy atom. The number of halogens is 1. The Bertz CT molecular complexity index is 663. The van der Waals surface area contributed by atoms with Crippen molar-refractivity contribution in [3.05, 3.63) is 34.0 Å². The van der Waals surface area contributed by atoms with E-state index in [1.54, 1.807) is 0 Å². The molecule has 25 heavy (non-hydrogen) atoms. The molecule has 3 fully saturated rings. The third-order valence-corrected chi connectivity index (χ3v) is 8.36. The van der Waals surface area contributed by atoms with Crippen molar-refractivity contribution in [3.63, 3.8) is 0 Å². The summed E-state index contributed by atoms with van der Waals surface area (Å²) >= 11 is 2.26. The number of hydrogen-bond acceptors (Lipinski definition) is 2. The minimum absolute atomic E-state index is 0.0276. The summed E-state index contributed by atoms with van der Waals surface area (Å²) in [5.41, 5.74) is 2.50. The van der Waals surface area contributed by atoms with Crippen LogP contribution in [0.5, 0.6) is 0 Å². The van der Waals surface area contributed by atoms with Crippen LogP contribution in [0.4, 0.5) is 0 Å². The Kier molecular flexibility index (Phi) is 4.55. The second kappa shape index (κ2) is 6.33. The summed E-state index contributed by atoms with van der Waals surface area (Å²) < 4.78 is 1.09. The van der Waals surface area contributed by atoms with Gasteiger partial charge in [0.15, 0.2) is 5.78 Å². The van der Waals surface area contributed by atoms with Gasteiger partial charge in [0.1, 0.15) is 0 Å². The summed E-state index contributed by atoms with van der Waals surface area (Å²) in [6.07, 6.45) is 9.06. The molecule has 4 aliphatic carbocycles. The molecular formula is C22H29IO2. The summed E-state index contributed by atoms with van der Waals surface area (Å²) in [6, 6.07) is 0. The van der Waals surface area contributed by atoms with E-state index in [1.807, 2.05) is 6.08 Å². The van der Waals surface area contributed by atoms with Gasteiger partial charge in [-0.05, 0) is 106 Å². The number of carbonyl (C=O) groups is 1. The third-order valence-electron chi connectivity index (χ3n) is 7.92. The van der Waals surface area contributed by atoms with Crippen molar-refractivity contribution in [1.29, 1.82) is 0 Å². The summed E-state index contributed by atoms with van der Waals surface area (Å²) in [4.78, 5) is 12.5. The van der Waals surface area contributed by atoms with E-state index in [4.69, 9.17) is 0 Å². The molecule has 1 unspecified atom stereocenters. The molecule has 3 saturated carbocycles. The molecule has 4 rings (SSSR count). The average Bonchev–Trinajstić information content (AvgIpc) is 2.79. The number of aliphatic hydroxyl groups is 1. The molecule has 0 heterocycles. The van der Waals surface area contributed by atoms with E-state index in [9.17, 15) is 9.90 Å². The fourth-order valence-electron chi connectivity index (χ4n) is 6.64. The number of fused-ring (bicyclic) bond motifs is 5. The first-order valence-electron chi connectivity index (χ1n) is 9.74. The maximum absolute atomic E-state index is 12.5. The first kappa shape index (κ1) is 18.0. The van der Waals surface area contributed by atoms with Gasteiger partial charge < -0.3 is 5.11 Å². The van der Waals surface area contributed by atoms with Gasteiger partial charge in [-0.15, -0.1) is 0 Å². The molecule has 0 aliphatic heterocycles. The van der Waals surface area contributed by atoms with Crippen LogP contribution in [-0.2, 0) is 4.79 Å². The monoisotopic (exact) mass is 452 g/mol. The van der Waals surface area contributed by atoms with Gasteiger partial charge >= 0.3 is 0 Å². The normalized spacial score (nSPS) is 46.1. The third kappa shape index (κ3) is 2.80. The molecule has 2 nitrogen and oxygen atoms in total. The van der Waals surface area contributed by atoms with Crippen LogP contribution in [0.2, 0.25) is 0 Å². The van der Waals surface area contributed by atoms with Gasteiger partial charge in [-0.25, -0.2) is 0 Å². The topological polar surface area (TPSA) is 37.3 Å². The van der Waals surface area contributed by atoms with Crippen molar-refractivity contribution in [1.82, 2.24) is 0 Å². The smallest absolute Gasteiger partial charge is 0.159 e. The lowest BCUT2D eigenvalue weighted by molar-refractivity contribution is -0.120. The molecule has 7 atom stereocenters. The molecule has 0 bridgehead atoms. The molecule has 0 aromatic rings. The molecule has 0 amide bonds. The molecule has 3 heteroatoms. The van der Waals surface area contributed by atoms with Crippen molar-refractivity contribution >= 4 is 28.4 Å². The molecule has 0 radical (unpaired) electrons. The second-order valence-corrected chi connectivity index (χ2v) is 10.7. The Hall–Kier alpha value is -0.420. The molecular weight excluding hydrogens is 423 g/mol. The van der Waals surface area contributed by atoms with Crippen molar-refractivity contribution in [2.75, 3.05) is 0 Å². The average molecular weight is 452 g/mol. The Labute approximate surface area is 165 Å². The highest BCUT2D eigenvalue weighted by molar-refractivity contribution is 14.1.